The largest absolute Gasteiger partial charge is 0.449 e. The van der Waals surface area contributed by atoms with Gasteiger partial charge in [0.25, 0.3) is 5.56 Å². The van der Waals surface area contributed by atoms with E-state index in [1.165, 1.54) is 25.0 Å². The molecule has 35 heavy (non-hydrogen) atoms. The number of anilines is 1. The number of likely N-dealkylation sites (tertiary alicyclic amines) is 1. The highest BCUT2D eigenvalue weighted by Crippen LogP contribution is 2.21. The number of aromatic nitrogens is 2. The number of hydrogen-bond acceptors (Lipinski definition) is 5. The number of amides is 1. The van der Waals surface area contributed by atoms with Gasteiger partial charge < -0.3 is 9.64 Å². The van der Waals surface area contributed by atoms with Crippen molar-refractivity contribution in [1.29, 1.82) is 0 Å². The van der Waals surface area contributed by atoms with Gasteiger partial charge in [0.1, 0.15) is 0 Å². The SMILES string of the molecule is O=C(Nc1cccc(Cn2nc(-c3cc(F)c(F)c(F)c3)ccc2=O)c1)OCCCN1CCCC1. The van der Waals surface area contributed by atoms with E-state index in [1.807, 2.05) is 0 Å². The van der Waals surface area contributed by atoms with Gasteiger partial charge >= 0.3 is 6.09 Å². The predicted octanol–water partition coefficient (Wildman–Crippen LogP) is 4.41. The highest BCUT2D eigenvalue weighted by atomic mass is 19.2. The van der Waals surface area contributed by atoms with Crippen LogP contribution in [0.5, 0.6) is 0 Å². The van der Waals surface area contributed by atoms with Gasteiger partial charge in [-0.05, 0) is 68.2 Å². The number of rotatable bonds is 8. The Morgan fingerprint density at radius 2 is 1.77 bits per heavy atom. The molecule has 1 N–H and O–H groups in total. The van der Waals surface area contributed by atoms with Crippen molar-refractivity contribution < 1.29 is 22.7 Å². The monoisotopic (exact) mass is 486 g/mol. The number of carbonyl (C=O) groups is 1. The van der Waals surface area contributed by atoms with Crippen LogP contribution in [0.2, 0.25) is 0 Å². The molecule has 0 radical (unpaired) electrons. The highest BCUT2D eigenvalue weighted by Gasteiger charge is 2.14. The number of benzene rings is 2. The van der Waals surface area contributed by atoms with Crippen molar-refractivity contribution in [3.63, 3.8) is 0 Å². The van der Waals surface area contributed by atoms with Gasteiger partial charge in [0.05, 0.1) is 18.8 Å². The lowest BCUT2D eigenvalue weighted by Crippen LogP contribution is -2.23. The van der Waals surface area contributed by atoms with Crippen molar-refractivity contribution in [2.24, 2.45) is 0 Å². The molecule has 4 rings (SSSR count). The van der Waals surface area contributed by atoms with Gasteiger partial charge in [0, 0.05) is 23.9 Å². The third-order valence-electron chi connectivity index (χ3n) is 5.70. The minimum absolute atomic E-state index is 0.00181. The Balaban J connectivity index is 1.38. The second-order valence-corrected chi connectivity index (χ2v) is 8.33. The third kappa shape index (κ3) is 6.48. The van der Waals surface area contributed by atoms with E-state index in [-0.39, 0.29) is 17.8 Å². The molecule has 10 heteroatoms. The van der Waals surface area contributed by atoms with Gasteiger partial charge in [0.2, 0.25) is 0 Å². The molecule has 7 nitrogen and oxygen atoms in total. The number of hydrogen-bond donors (Lipinski definition) is 1. The van der Waals surface area contributed by atoms with E-state index < -0.39 is 29.1 Å². The van der Waals surface area contributed by atoms with Crippen LogP contribution < -0.4 is 10.9 Å². The summed E-state index contributed by atoms with van der Waals surface area (Å²) in [4.78, 5) is 26.8. The van der Waals surface area contributed by atoms with Crippen LogP contribution in [0.15, 0.2) is 53.3 Å². The summed E-state index contributed by atoms with van der Waals surface area (Å²) in [5.41, 5.74) is 0.804. The first-order valence-corrected chi connectivity index (χ1v) is 11.4. The number of ether oxygens (including phenoxy) is 1. The van der Waals surface area contributed by atoms with Crippen molar-refractivity contribution in [3.8, 4) is 11.3 Å². The standard InChI is InChI=1S/C25H25F3N4O3/c26-20-14-18(15-21(27)24(20)28)22-7-8-23(33)32(30-22)16-17-5-3-6-19(13-17)29-25(34)35-12-4-11-31-9-1-2-10-31/h3,5-8,13-15H,1-2,4,9-12,16H2,(H,29,34). The third-order valence-corrected chi connectivity index (χ3v) is 5.70. The lowest BCUT2D eigenvalue weighted by Gasteiger charge is -2.14. The molecule has 1 aliphatic rings. The molecule has 0 aliphatic carbocycles. The zero-order valence-corrected chi connectivity index (χ0v) is 19.0. The molecule has 0 saturated carbocycles. The molecule has 1 aliphatic heterocycles. The molecule has 3 aromatic rings. The highest BCUT2D eigenvalue weighted by molar-refractivity contribution is 5.84. The second kappa shape index (κ2) is 11.2. The molecule has 1 saturated heterocycles. The van der Waals surface area contributed by atoms with E-state index in [9.17, 15) is 22.8 Å². The molecule has 184 valence electrons. The van der Waals surface area contributed by atoms with E-state index in [0.717, 1.165) is 42.9 Å². The maximum atomic E-state index is 13.6. The van der Waals surface area contributed by atoms with Crippen molar-refractivity contribution >= 4 is 11.8 Å². The van der Waals surface area contributed by atoms with Gasteiger partial charge in [-0.2, -0.15) is 5.10 Å². The molecule has 2 aromatic carbocycles. The van der Waals surface area contributed by atoms with E-state index in [1.54, 1.807) is 24.3 Å². The summed E-state index contributed by atoms with van der Waals surface area (Å²) in [5.74, 6) is -4.26. The van der Waals surface area contributed by atoms with Gasteiger partial charge in [0.15, 0.2) is 17.5 Å². The topological polar surface area (TPSA) is 76.5 Å². The number of nitrogens with one attached hydrogen (secondary N) is 1. The number of halogens is 3. The smallest absolute Gasteiger partial charge is 0.411 e. The summed E-state index contributed by atoms with van der Waals surface area (Å²) in [6.07, 6.45) is 2.63. The van der Waals surface area contributed by atoms with E-state index >= 15 is 0 Å². The normalized spacial score (nSPS) is 13.7. The van der Waals surface area contributed by atoms with Crippen LogP contribution in [0, 0.1) is 17.5 Å². The Kier molecular flexibility index (Phi) is 7.81. The first-order chi connectivity index (χ1) is 16.9. The molecule has 2 heterocycles. The van der Waals surface area contributed by atoms with Crippen LogP contribution in [-0.2, 0) is 11.3 Å². The van der Waals surface area contributed by atoms with Crippen LogP contribution >= 0.6 is 0 Å². The van der Waals surface area contributed by atoms with Crippen LogP contribution in [0.25, 0.3) is 11.3 Å². The van der Waals surface area contributed by atoms with Crippen LogP contribution in [0.3, 0.4) is 0 Å². The van der Waals surface area contributed by atoms with Crippen LogP contribution in [-0.4, -0.2) is 47.0 Å². The quantitative estimate of drug-likeness (QED) is 0.377. The van der Waals surface area contributed by atoms with Gasteiger partial charge in [-0.25, -0.2) is 22.6 Å². The van der Waals surface area contributed by atoms with Gasteiger partial charge in [-0.1, -0.05) is 12.1 Å². The van der Waals surface area contributed by atoms with Gasteiger partial charge in [-0.15, -0.1) is 0 Å². The molecule has 0 unspecified atom stereocenters. The fourth-order valence-electron chi connectivity index (χ4n) is 3.95. The van der Waals surface area contributed by atoms with E-state index in [2.05, 4.69) is 15.3 Å². The minimum atomic E-state index is -1.57. The van der Waals surface area contributed by atoms with Crippen molar-refractivity contribution in [1.82, 2.24) is 14.7 Å². The van der Waals surface area contributed by atoms with E-state index in [4.69, 9.17) is 4.74 Å². The van der Waals surface area contributed by atoms with Crippen molar-refractivity contribution in [2.45, 2.75) is 25.8 Å². The Morgan fingerprint density at radius 1 is 1.03 bits per heavy atom. The Hall–Kier alpha value is -3.66. The van der Waals surface area contributed by atoms with E-state index in [0.29, 0.717) is 17.9 Å². The molecular formula is C25H25F3N4O3. The molecule has 1 aromatic heterocycles. The maximum Gasteiger partial charge on any atom is 0.411 e. The summed E-state index contributed by atoms with van der Waals surface area (Å²) < 4.78 is 46.9. The summed E-state index contributed by atoms with van der Waals surface area (Å²) in [6, 6.07) is 11.0. The lowest BCUT2D eigenvalue weighted by atomic mass is 10.1. The number of carbonyl (C=O) groups excluding carboxylic acids is 1. The molecule has 0 atom stereocenters. The maximum absolute atomic E-state index is 13.6. The Morgan fingerprint density at radius 3 is 2.51 bits per heavy atom. The van der Waals surface area contributed by atoms with Gasteiger partial charge in [-0.3, -0.25) is 10.1 Å². The lowest BCUT2D eigenvalue weighted by molar-refractivity contribution is 0.154. The minimum Gasteiger partial charge on any atom is -0.449 e. The summed E-state index contributed by atoms with van der Waals surface area (Å²) in [7, 11) is 0. The zero-order valence-electron chi connectivity index (χ0n) is 19.0. The van der Waals surface area contributed by atoms with Crippen LogP contribution in [0.1, 0.15) is 24.8 Å². The fourth-order valence-corrected chi connectivity index (χ4v) is 3.95. The summed E-state index contributed by atoms with van der Waals surface area (Å²) in [6.45, 7) is 3.45. The number of nitrogens with zero attached hydrogens (tertiary/aromatic N) is 3. The van der Waals surface area contributed by atoms with Crippen molar-refractivity contribution in [3.05, 3.63) is 81.9 Å². The first kappa shape index (κ1) is 24.5. The fraction of sp³-hybridized carbons (Fsp3) is 0.320. The Labute approximate surface area is 200 Å². The van der Waals surface area contributed by atoms with Crippen molar-refractivity contribution in [2.75, 3.05) is 31.6 Å². The summed E-state index contributed by atoms with van der Waals surface area (Å²) in [5, 5.41) is 6.82. The molecule has 1 fully saturated rings. The average Bonchev–Trinajstić information content (AvgIpc) is 3.35. The zero-order chi connectivity index (χ0) is 24.8. The second-order valence-electron chi connectivity index (χ2n) is 8.33. The average molecular weight is 486 g/mol. The predicted molar refractivity (Wildman–Crippen MR) is 125 cm³/mol. The molecule has 0 spiro atoms. The van der Waals surface area contributed by atoms with Crippen LogP contribution in [0.4, 0.5) is 23.7 Å². The molecule has 0 bridgehead atoms. The molecule has 1 amide bonds. The first-order valence-electron chi connectivity index (χ1n) is 11.4. The molecular weight excluding hydrogens is 461 g/mol. The Bertz CT molecular complexity index is 1240. The summed E-state index contributed by atoms with van der Waals surface area (Å²) >= 11 is 0.